The third-order valence-electron chi connectivity index (χ3n) is 3.05. The molecule has 3 heteroatoms. The van der Waals surface area contributed by atoms with E-state index in [1.54, 1.807) is 6.07 Å². The van der Waals surface area contributed by atoms with Gasteiger partial charge in [0.25, 0.3) is 0 Å². The summed E-state index contributed by atoms with van der Waals surface area (Å²) in [6, 6.07) is 9.58. The molecule has 0 aliphatic heterocycles. The van der Waals surface area contributed by atoms with Gasteiger partial charge in [-0.1, -0.05) is 35.3 Å². The minimum absolute atomic E-state index is 0.0637. The molecule has 0 amide bonds. The van der Waals surface area contributed by atoms with Gasteiger partial charge in [-0.2, -0.15) is 0 Å². The first kappa shape index (κ1) is 13.4. The van der Waals surface area contributed by atoms with Crippen molar-refractivity contribution in [2.75, 3.05) is 0 Å². The summed E-state index contributed by atoms with van der Waals surface area (Å²) in [4.78, 5) is 0. The second-order valence-electron chi connectivity index (χ2n) is 4.40. The van der Waals surface area contributed by atoms with E-state index in [2.05, 4.69) is 0 Å². The summed E-state index contributed by atoms with van der Waals surface area (Å²) >= 11 is 12.0. The quantitative estimate of drug-likeness (QED) is 0.840. The molecule has 0 saturated heterocycles. The lowest BCUT2D eigenvalue weighted by molar-refractivity contribution is 0.280. The summed E-state index contributed by atoms with van der Waals surface area (Å²) in [5.41, 5.74) is 5.17. The fourth-order valence-corrected chi connectivity index (χ4v) is 2.66. The molecule has 0 heterocycles. The van der Waals surface area contributed by atoms with Gasteiger partial charge in [0.2, 0.25) is 0 Å². The van der Waals surface area contributed by atoms with Gasteiger partial charge in [0, 0.05) is 10.0 Å². The Labute approximate surface area is 117 Å². The zero-order valence-corrected chi connectivity index (χ0v) is 11.8. The first-order valence-electron chi connectivity index (χ1n) is 5.68. The highest BCUT2D eigenvalue weighted by atomic mass is 35.5. The SMILES string of the molecule is Cc1cc(-c2cc(Cl)cc(Cl)c2)cc(C)c1CO. The Morgan fingerprint density at radius 3 is 1.72 bits per heavy atom. The van der Waals surface area contributed by atoms with Gasteiger partial charge >= 0.3 is 0 Å². The van der Waals surface area contributed by atoms with E-state index in [1.165, 1.54) is 0 Å². The van der Waals surface area contributed by atoms with Crippen molar-refractivity contribution in [2.24, 2.45) is 0 Å². The fraction of sp³-hybridized carbons (Fsp3) is 0.200. The van der Waals surface area contributed by atoms with Crippen molar-refractivity contribution in [3.63, 3.8) is 0 Å². The van der Waals surface area contributed by atoms with Crippen LogP contribution >= 0.6 is 23.2 Å². The first-order valence-corrected chi connectivity index (χ1v) is 6.44. The Bertz CT molecular complexity index is 548. The number of hydrogen-bond donors (Lipinski definition) is 1. The fourth-order valence-electron chi connectivity index (χ4n) is 2.13. The van der Waals surface area contributed by atoms with Gasteiger partial charge in [-0.15, -0.1) is 0 Å². The maximum Gasteiger partial charge on any atom is 0.0686 e. The van der Waals surface area contributed by atoms with Crippen LogP contribution < -0.4 is 0 Å². The van der Waals surface area contributed by atoms with Gasteiger partial charge in [0.05, 0.1) is 6.61 Å². The van der Waals surface area contributed by atoms with Crippen molar-refractivity contribution in [2.45, 2.75) is 20.5 Å². The number of benzene rings is 2. The number of rotatable bonds is 2. The number of aliphatic hydroxyl groups is 1. The van der Waals surface area contributed by atoms with Crippen LogP contribution in [0.25, 0.3) is 11.1 Å². The summed E-state index contributed by atoms with van der Waals surface area (Å²) in [6.07, 6.45) is 0. The molecule has 0 fully saturated rings. The van der Waals surface area contributed by atoms with Crippen molar-refractivity contribution in [3.8, 4) is 11.1 Å². The van der Waals surface area contributed by atoms with E-state index < -0.39 is 0 Å². The van der Waals surface area contributed by atoms with Gasteiger partial charge in [-0.25, -0.2) is 0 Å². The molecule has 18 heavy (non-hydrogen) atoms. The molecule has 0 atom stereocenters. The molecule has 0 aliphatic rings. The van der Waals surface area contributed by atoms with Crippen molar-refractivity contribution in [3.05, 3.63) is 57.1 Å². The standard InChI is InChI=1S/C15H14Cl2O/c1-9-3-11(4-10(2)15(9)8-18)12-5-13(16)7-14(17)6-12/h3-7,18H,8H2,1-2H3. The second-order valence-corrected chi connectivity index (χ2v) is 5.28. The summed E-state index contributed by atoms with van der Waals surface area (Å²) in [5.74, 6) is 0. The van der Waals surface area contributed by atoms with Crippen LogP contribution in [0.15, 0.2) is 30.3 Å². The number of aliphatic hydroxyl groups excluding tert-OH is 1. The van der Waals surface area contributed by atoms with Gasteiger partial charge in [0.1, 0.15) is 0 Å². The van der Waals surface area contributed by atoms with Crippen LogP contribution in [0.2, 0.25) is 10.0 Å². The maximum atomic E-state index is 9.31. The van der Waals surface area contributed by atoms with Gasteiger partial charge in [-0.3, -0.25) is 0 Å². The average Bonchev–Trinajstić information content (AvgIpc) is 2.27. The Morgan fingerprint density at radius 1 is 0.833 bits per heavy atom. The zero-order chi connectivity index (χ0) is 13.3. The van der Waals surface area contributed by atoms with E-state index in [4.69, 9.17) is 23.2 Å². The van der Waals surface area contributed by atoms with Crippen LogP contribution in [0.5, 0.6) is 0 Å². The molecule has 0 bridgehead atoms. The Kier molecular flexibility index (Phi) is 3.96. The number of hydrogen-bond acceptors (Lipinski definition) is 1. The topological polar surface area (TPSA) is 20.2 Å². The molecule has 2 rings (SSSR count). The van der Waals surface area contributed by atoms with Crippen LogP contribution in [0.1, 0.15) is 16.7 Å². The largest absolute Gasteiger partial charge is 0.392 e. The third-order valence-corrected chi connectivity index (χ3v) is 3.49. The molecule has 0 aliphatic carbocycles. The minimum Gasteiger partial charge on any atom is -0.392 e. The highest BCUT2D eigenvalue weighted by Crippen LogP contribution is 2.30. The first-order chi connectivity index (χ1) is 8.51. The van der Waals surface area contributed by atoms with Crippen LogP contribution in [0.3, 0.4) is 0 Å². The molecule has 1 N–H and O–H groups in total. The smallest absolute Gasteiger partial charge is 0.0686 e. The van der Waals surface area contributed by atoms with Crippen LogP contribution in [0.4, 0.5) is 0 Å². The Hall–Kier alpha value is -1.02. The Morgan fingerprint density at radius 2 is 1.28 bits per heavy atom. The summed E-state index contributed by atoms with van der Waals surface area (Å²) in [7, 11) is 0. The lowest BCUT2D eigenvalue weighted by Gasteiger charge is -2.11. The molecule has 2 aromatic rings. The van der Waals surface area contributed by atoms with E-state index >= 15 is 0 Å². The second kappa shape index (κ2) is 5.31. The number of halogens is 2. The molecular formula is C15H14Cl2O. The molecule has 94 valence electrons. The zero-order valence-electron chi connectivity index (χ0n) is 10.3. The molecule has 0 radical (unpaired) electrons. The Balaban J connectivity index is 2.58. The lowest BCUT2D eigenvalue weighted by atomic mass is 9.96. The average molecular weight is 281 g/mol. The van der Waals surface area contributed by atoms with Crippen LogP contribution in [-0.4, -0.2) is 5.11 Å². The molecule has 0 spiro atoms. The molecule has 0 unspecified atom stereocenters. The van der Waals surface area contributed by atoms with E-state index in [9.17, 15) is 5.11 Å². The van der Waals surface area contributed by atoms with Crippen molar-refractivity contribution in [1.29, 1.82) is 0 Å². The number of aryl methyl sites for hydroxylation is 2. The summed E-state index contributed by atoms with van der Waals surface area (Å²) in [5, 5.41) is 10.6. The molecule has 2 aromatic carbocycles. The maximum absolute atomic E-state index is 9.31. The third kappa shape index (κ3) is 2.69. The van der Waals surface area contributed by atoms with Gasteiger partial charge in [0.15, 0.2) is 0 Å². The van der Waals surface area contributed by atoms with Crippen molar-refractivity contribution in [1.82, 2.24) is 0 Å². The van der Waals surface area contributed by atoms with E-state index in [0.29, 0.717) is 10.0 Å². The molecule has 1 nitrogen and oxygen atoms in total. The highest BCUT2D eigenvalue weighted by Gasteiger charge is 2.07. The van der Waals surface area contributed by atoms with Crippen molar-refractivity contribution < 1.29 is 5.11 Å². The normalized spacial score (nSPS) is 10.7. The van der Waals surface area contributed by atoms with E-state index in [1.807, 2.05) is 38.1 Å². The van der Waals surface area contributed by atoms with Crippen molar-refractivity contribution >= 4 is 23.2 Å². The predicted molar refractivity (Wildman–Crippen MR) is 77.3 cm³/mol. The highest BCUT2D eigenvalue weighted by molar-refractivity contribution is 6.35. The predicted octanol–water partition coefficient (Wildman–Crippen LogP) is 4.77. The molecule has 0 aromatic heterocycles. The molecular weight excluding hydrogens is 267 g/mol. The van der Waals surface area contributed by atoms with Gasteiger partial charge in [-0.05, 0) is 59.9 Å². The van der Waals surface area contributed by atoms with E-state index in [-0.39, 0.29) is 6.61 Å². The summed E-state index contributed by atoms with van der Waals surface area (Å²) in [6.45, 7) is 4.05. The van der Waals surface area contributed by atoms with Crippen LogP contribution in [-0.2, 0) is 6.61 Å². The van der Waals surface area contributed by atoms with Gasteiger partial charge < -0.3 is 5.11 Å². The van der Waals surface area contributed by atoms with E-state index in [0.717, 1.165) is 27.8 Å². The van der Waals surface area contributed by atoms with Crippen LogP contribution in [0, 0.1) is 13.8 Å². The molecule has 0 saturated carbocycles. The lowest BCUT2D eigenvalue weighted by Crippen LogP contribution is -1.94. The summed E-state index contributed by atoms with van der Waals surface area (Å²) < 4.78 is 0. The minimum atomic E-state index is 0.0637. The monoisotopic (exact) mass is 280 g/mol.